The van der Waals surface area contributed by atoms with Gasteiger partial charge in [0.15, 0.2) is 0 Å². The topological polar surface area (TPSA) is 41.1 Å². The smallest absolute Gasteiger partial charge is 0.237 e. The maximum absolute atomic E-state index is 13.4. The van der Waals surface area contributed by atoms with Gasteiger partial charge in [0.2, 0.25) is 5.91 Å². The van der Waals surface area contributed by atoms with Crippen LogP contribution >= 0.6 is 0 Å². The van der Waals surface area contributed by atoms with Crippen LogP contribution in [0.25, 0.3) is 0 Å². The van der Waals surface area contributed by atoms with Crippen molar-refractivity contribution in [3.63, 3.8) is 0 Å². The summed E-state index contributed by atoms with van der Waals surface area (Å²) < 4.78 is 26.9. The van der Waals surface area contributed by atoms with Crippen molar-refractivity contribution >= 4 is 5.91 Å². The third-order valence-corrected chi connectivity index (χ3v) is 6.58. The molecule has 3 nitrogen and oxygen atoms in total. The van der Waals surface area contributed by atoms with Crippen LogP contribution in [-0.4, -0.2) is 24.5 Å². The summed E-state index contributed by atoms with van der Waals surface area (Å²) in [5.74, 6) is -0.00135. The van der Waals surface area contributed by atoms with Gasteiger partial charge in [0, 0.05) is 18.5 Å². The van der Waals surface area contributed by atoms with Crippen LogP contribution in [0.4, 0.5) is 8.78 Å². The maximum Gasteiger partial charge on any atom is 0.237 e. The van der Waals surface area contributed by atoms with Crippen LogP contribution < -0.4 is 10.6 Å². The Morgan fingerprint density at radius 2 is 1.45 bits per heavy atom. The quantitative estimate of drug-likeness (QED) is 0.388. The molecule has 1 atom stereocenters. The molecule has 0 aliphatic heterocycles. The number of hydrogen-bond donors (Lipinski definition) is 2. The molecule has 2 N–H and O–H groups in total. The molecule has 1 aliphatic carbocycles. The van der Waals surface area contributed by atoms with E-state index in [-0.39, 0.29) is 29.5 Å². The third kappa shape index (κ3) is 8.22. The van der Waals surface area contributed by atoms with Crippen LogP contribution in [0.15, 0.2) is 48.5 Å². The molecule has 1 amide bonds. The first-order valence-electron chi connectivity index (χ1n) is 12.5. The second-order valence-electron chi connectivity index (χ2n) is 9.77. The highest BCUT2D eigenvalue weighted by Gasteiger charge is 2.24. The zero-order chi connectivity index (χ0) is 23.6. The number of carbonyl (C=O) groups excluding carboxylic acids is 1. The second-order valence-corrected chi connectivity index (χ2v) is 9.77. The van der Waals surface area contributed by atoms with Gasteiger partial charge in [-0.15, -0.1) is 0 Å². The van der Waals surface area contributed by atoms with Crippen LogP contribution in [0.5, 0.6) is 0 Å². The van der Waals surface area contributed by atoms with Gasteiger partial charge in [-0.05, 0) is 73.4 Å². The number of amides is 1. The zero-order valence-electron chi connectivity index (χ0n) is 20.0. The molecule has 0 bridgehead atoms. The first-order chi connectivity index (χ1) is 15.9. The van der Waals surface area contributed by atoms with Gasteiger partial charge in [0.1, 0.15) is 11.6 Å². The number of halogens is 2. The fourth-order valence-corrected chi connectivity index (χ4v) is 4.83. The fourth-order valence-electron chi connectivity index (χ4n) is 4.83. The molecule has 3 rings (SSSR count). The van der Waals surface area contributed by atoms with Crippen molar-refractivity contribution in [2.24, 2.45) is 5.92 Å². The van der Waals surface area contributed by atoms with Crippen LogP contribution in [0.1, 0.15) is 82.3 Å². The summed E-state index contributed by atoms with van der Waals surface area (Å²) in [6.45, 7) is 4.89. The summed E-state index contributed by atoms with van der Waals surface area (Å²) in [6, 6.07) is 13.3. The van der Waals surface area contributed by atoms with E-state index in [0.717, 1.165) is 43.2 Å². The molecule has 0 saturated heterocycles. The maximum atomic E-state index is 13.4. The van der Waals surface area contributed by atoms with E-state index >= 15 is 0 Å². The summed E-state index contributed by atoms with van der Waals surface area (Å²) in [7, 11) is 0. The van der Waals surface area contributed by atoms with Crippen molar-refractivity contribution in [1.82, 2.24) is 10.6 Å². The predicted molar refractivity (Wildman–Crippen MR) is 130 cm³/mol. The van der Waals surface area contributed by atoms with Crippen molar-refractivity contribution in [3.05, 3.63) is 71.3 Å². The molecule has 2 aromatic rings. The predicted octanol–water partition coefficient (Wildman–Crippen LogP) is 6.33. The average Bonchev–Trinajstić information content (AvgIpc) is 2.80. The van der Waals surface area contributed by atoms with E-state index in [4.69, 9.17) is 0 Å². The molecular formula is C28H38F2N2O. The largest absolute Gasteiger partial charge is 0.355 e. The molecule has 1 unspecified atom stereocenters. The van der Waals surface area contributed by atoms with Crippen molar-refractivity contribution in [1.29, 1.82) is 0 Å². The number of nitrogens with one attached hydrogen (secondary N) is 2. The summed E-state index contributed by atoms with van der Waals surface area (Å²) in [5, 5.41) is 6.75. The number of hydrogen-bond acceptors (Lipinski definition) is 2. The zero-order valence-corrected chi connectivity index (χ0v) is 20.0. The minimum absolute atomic E-state index is 0.0231. The molecule has 1 aliphatic rings. The molecular weight excluding hydrogens is 418 g/mol. The lowest BCUT2D eigenvalue weighted by Crippen LogP contribution is -2.49. The molecule has 0 spiro atoms. The Morgan fingerprint density at radius 3 is 1.97 bits per heavy atom. The standard InChI is InChI=1S/C28H38F2N2O/c1-20(2)19-27(32-25-7-4-3-5-8-25)28(33)31-18-6-9-26(21-10-14-23(29)15-11-21)22-12-16-24(30)17-13-22/h10-17,20,25-27,32H,3-9,18-19H2,1-2H3,(H,31,33). The Bertz CT molecular complexity index is 800. The van der Waals surface area contributed by atoms with Crippen LogP contribution in [0.3, 0.4) is 0 Å². The highest BCUT2D eigenvalue weighted by Crippen LogP contribution is 2.29. The van der Waals surface area contributed by atoms with Crippen molar-refractivity contribution in [2.45, 2.75) is 83.2 Å². The van der Waals surface area contributed by atoms with E-state index in [0.29, 0.717) is 18.5 Å². The summed E-state index contributed by atoms with van der Waals surface area (Å²) in [6.07, 6.45) is 8.46. The van der Waals surface area contributed by atoms with Crippen molar-refractivity contribution in [3.8, 4) is 0 Å². The second kappa shape index (κ2) is 12.8. The molecule has 2 aromatic carbocycles. The van der Waals surface area contributed by atoms with Gasteiger partial charge in [-0.1, -0.05) is 57.4 Å². The van der Waals surface area contributed by atoms with Gasteiger partial charge in [-0.25, -0.2) is 8.78 Å². The van der Waals surface area contributed by atoms with Crippen LogP contribution in [0.2, 0.25) is 0 Å². The van der Waals surface area contributed by atoms with Gasteiger partial charge < -0.3 is 10.6 Å². The average molecular weight is 457 g/mol. The fraction of sp³-hybridized carbons (Fsp3) is 0.536. The molecule has 0 radical (unpaired) electrons. The van der Waals surface area contributed by atoms with Gasteiger partial charge in [-0.3, -0.25) is 4.79 Å². The van der Waals surface area contributed by atoms with Gasteiger partial charge in [-0.2, -0.15) is 0 Å². The van der Waals surface area contributed by atoms with Gasteiger partial charge >= 0.3 is 0 Å². The van der Waals surface area contributed by atoms with Crippen LogP contribution in [0, 0.1) is 17.6 Å². The monoisotopic (exact) mass is 456 g/mol. The number of rotatable bonds is 11. The highest BCUT2D eigenvalue weighted by atomic mass is 19.1. The lowest BCUT2D eigenvalue weighted by Gasteiger charge is -2.29. The van der Waals surface area contributed by atoms with E-state index in [1.165, 1.54) is 43.5 Å². The Labute approximate surface area is 197 Å². The van der Waals surface area contributed by atoms with Crippen LogP contribution in [-0.2, 0) is 4.79 Å². The summed E-state index contributed by atoms with van der Waals surface area (Å²) in [4.78, 5) is 13.0. The SMILES string of the molecule is CC(C)CC(NC1CCCCC1)C(=O)NCCCC(c1ccc(F)cc1)c1ccc(F)cc1. The molecule has 33 heavy (non-hydrogen) atoms. The normalized spacial score (nSPS) is 15.7. The third-order valence-electron chi connectivity index (χ3n) is 6.58. The molecule has 5 heteroatoms. The number of carbonyl (C=O) groups is 1. The highest BCUT2D eigenvalue weighted by molar-refractivity contribution is 5.81. The lowest BCUT2D eigenvalue weighted by molar-refractivity contribution is -0.123. The molecule has 0 heterocycles. The molecule has 0 aromatic heterocycles. The Hall–Kier alpha value is -2.27. The van der Waals surface area contributed by atoms with E-state index < -0.39 is 0 Å². The first kappa shape index (κ1) is 25.4. The first-order valence-corrected chi connectivity index (χ1v) is 12.5. The summed E-state index contributed by atoms with van der Waals surface area (Å²) >= 11 is 0. The van der Waals surface area contributed by atoms with E-state index in [1.54, 1.807) is 24.3 Å². The van der Waals surface area contributed by atoms with E-state index in [9.17, 15) is 13.6 Å². The molecule has 1 fully saturated rings. The lowest BCUT2D eigenvalue weighted by atomic mass is 9.87. The van der Waals surface area contributed by atoms with E-state index in [1.807, 2.05) is 0 Å². The number of benzene rings is 2. The van der Waals surface area contributed by atoms with Crippen molar-refractivity contribution < 1.29 is 13.6 Å². The Kier molecular flexibility index (Phi) is 9.86. The minimum atomic E-state index is -0.273. The minimum Gasteiger partial charge on any atom is -0.355 e. The summed E-state index contributed by atoms with van der Waals surface area (Å²) in [5.41, 5.74) is 1.98. The van der Waals surface area contributed by atoms with E-state index in [2.05, 4.69) is 24.5 Å². The van der Waals surface area contributed by atoms with Crippen molar-refractivity contribution in [2.75, 3.05) is 6.54 Å². The molecule has 180 valence electrons. The Morgan fingerprint density at radius 1 is 0.909 bits per heavy atom. The molecule has 1 saturated carbocycles. The van der Waals surface area contributed by atoms with Gasteiger partial charge in [0.25, 0.3) is 0 Å². The Balaban J connectivity index is 1.57. The van der Waals surface area contributed by atoms with Gasteiger partial charge in [0.05, 0.1) is 6.04 Å².